The van der Waals surface area contributed by atoms with E-state index in [1.54, 1.807) is 24.3 Å². The van der Waals surface area contributed by atoms with Gasteiger partial charge in [0.2, 0.25) is 5.16 Å². The highest BCUT2D eigenvalue weighted by Gasteiger charge is 2.13. The molecule has 0 atom stereocenters. The molecule has 0 saturated carbocycles. The zero-order valence-corrected chi connectivity index (χ0v) is 13.2. The molecule has 0 radical (unpaired) electrons. The lowest BCUT2D eigenvalue weighted by Crippen LogP contribution is -2.13. The van der Waals surface area contributed by atoms with Gasteiger partial charge in [0.1, 0.15) is 5.03 Å². The van der Waals surface area contributed by atoms with Crippen molar-refractivity contribution in [3.63, 3.8) is 0 Å². The minimum Gasteiger partial charge on any atom is -0.336 e. The van der Waals surface area contributed by atoms with Crippen molar-refractivity contribution in [3.05, 3.63) is 40.7 Å². The van der Waals surface area contributed by atoms with Crippen LogP contribution in [0.4, 0.5) is 0 Å². The molecule has 2 heterocycles. The number of nitrogens with two attached hydrogens (primary N) is 1. The molecule has 0 saturated heterocycles. The molecule has 3 rings (SSSR count). The quantitative estimate of drug-likeness (QED) is 0.742. The van der Waals surface area contributed by atoms with Crippen molar-refractivity contribution in [3.8, 4) is 6.07 Å². The maximum absolute atomic E-state index is 9.33. The molecule has 0 unspecified atom stereocenters. The lowest BCUT2D eigenvalue weighted by Gasteiger charge is -2.05. The number of aryl methyl sites for hydroxylation is 1. The predicted molar refractivity (Wildman–Crippen MR) is 85.1 cm³/mol. The summed E-state index contributed by atoms with van der Waals surface area (Å²) in [4.78, 5) is 4.51. The molecule has 8 heteroatoms. The summed E-state index contributed by atoms with van der Waals surface area (Å²) in [5, 5.41) is 19.8. The molecule has 2 aromatic heterocycles. The Labute approximate surface area is 135 Å². The van der Waals surface area contributed by atoms with Crippen molar-refractivity contribution in [1.29, 1.82) is 5.26 Å². The summed E-state index contributed by atoms with van der Waals surface area (Å²) >= 11 is 7.24. The maximum atomic E-state index is 9.33. The monoisotopic (exact) mass is 330 g/mol. The predicted octanol–water partition coefficient (Wildman–Crippen LogP) is 2.78. The summed E-state index contributed by atoms with van der Waals surface area (Å²) < 4.78 is 1.43. The summed E-state index contributed by atoms with van der Waals surface area (Å²) in [6.07, 6.45) is 0.692. The van der Waals surface area contributed by atoms with E-state index >= 15 is 0 Å². The highest BCUT2D eigenvalue weighted by Crippen LogP contribution is 2.29. The third kappa shape index (κ3) is 2.58. The number of aromatic nitrogens is 4. The highest BCUT2D eigenvalue weighted by atomic mass is 35.5. The van der Waals surface area contributed by atoms with Gasteiger partial charge in [-0.2, -0.15) is 5.26 Å². The van der Waals surface area contributed by atoms with Gasteiger partial charge in [-0.05, 0) is 36.0 Å². The van der Waals surface area contributed by atoms with Gasteiger partial charge in [0.15, 0.2) is 5.82 Å². The number of rotatable bonds is 3. The van der Waals surface area contributed by atoms with Crippen molar-refractivity contribution in [2.75, 3.05) is 5.84 Å². The number of halogens is 1. The molecule has 0 aliphatic rings. The Morgan fingerprint density at radius 2 is 2.18 bits per heavy atom. The Balaban J connectivity index is 2.06. The number of pyridine rings is 1. The molecule has 3 aromatic rings. The van der Waals surface area contributed by atoms with E-state index < -0.39 is 0 Å². The normalized spacial score (nSPS) is 10.8. The second kappa shape index (κ2) is 5.83. The van der Waals surface area contributed by atoms with Gasteiger partial charge in [-0.15, -0.1) is 10.2 Å². The van der Waals surface area contributed by atoms with Crippen LogP contribution in [0.3, 0.4) is 0 Å². The van der Waals surface area contributed by atoms with E-state index in [2.05, 4.69) is 21.3 Å². The molecule has 0 aliphatic carbocycles. The van der Waals surface area contributed by atoms with E-state index in [1.807, 2.05) is 6.92 Å². The van der Waals surface area contributed by atoms with Crippen molar-refractivity contribution >= 4 is 34.3 Å². The average Bonchev–Trinajstić information content (AvgIpc) is 2.87. The van der Waals surface area contributed by atoms with E-state index in [0.29, 0.717) is 38.5 Å². The molecule has 0 aliphatic heterocycles. The smallest absolute Gasteiger partial charge is 0.216 e. The Hall–Kier alpha value is -2.30. The Kier molecular flexibility index (Phi) is 3.88. The average molecular weight is 331 g/mol. The van der Waals surface area contributed by atoms with Gasteiger partial charge in [0.05, 0.1) is 17.1 Å². The molecular formula is C14H11ClN6S. The molecule has 1 aromatic carbocycles. The third-order valence-corrected chi connectivity index (χ3v) is 4.23. The fourth-order valence-corrected chi connectivity index (χ4v) is 3.00. The van der Waals surface area contributed by atoms with E-state index in [1.165, 1.54) is 16.4 Å². The van der Waals surface area contributed by atoms with Crippen molar-refractivity contribution < 1.29 is 0 Å². The minimum atomic E-state index is 0.508. The second-order valence-electron chi connectivity index (χ2n) is 4.51. The van der Waals surface area contributed by atoms with Crippen molar-refractivity contribution in [1.82, 2.24) is 19.9 Å². The van der Waals surface area contributed by atoms with Crippen molar-refractivity contribution in [2.45, 2.75) is 23.5 Å². The van der Waals surface area contributed by atoms with E-state index in [4.69, 9.17) is 17.4 Å². The van der Waals surface area contributed by atoms with Crippen LogP contribution >= 0.6 is 23.4 Å². The molecule has 0 amide bonds. The van der Waals surface area contributed by atoms with Gasteiger partial charge >= 0.3 is 0 Å². The summed E-state index contributed by atoms with van der Waals surface area (Å²) in [6.45, 7) is 1.95. The molecule has 6 nitrogen and oxygen atoms in total. The second-order valence-corrected chi connectivity index (χ2v) is 5.93. The van der Waals surface area contributed by atoms with Crippen LogP contribution < -0.4 is 5.84 Å². The first-order valence-corrected chi connectivity index (χ1v) is 7.69. The standard InChI is InChI=1S/C14H11ClN6S/c1-2-12-19-20-14(21(12)17)22-13-5-8(7-16)10-6-9(15)3-4-11(10)18-13/h3-6H,2,17H2,1H3. The molecular weight excluding hydrogens is 320 g/mol. The zero-order chi connectivity index (χ0) is 15.7. The van der Waals surface area contributed by atoms with Crippen LogP contribution in [-0.4, -0.2) is 19.9 Å². The van der Waals surface area contributed by atoms with Gasteiger partial charge in [0, 0.05) is 16.8 Å². The number of hydrogen-bond acceptors (Lipinski definition) is 6. The van der Waals surface area contributed by atoms with Crippen LogP contribution in [0.2, 0.25) is 5.02 Å². The van der Waals surface area contributed by atoms with Crippen LogP contribution in [0.5, 0.6) is 0 Å². The first kappa shape index (κ1) is 14.6. The van der Waals surface area contributed by atoms with E-state index in [0.717, 1.165) is 5.39 Å². The van der Waals surface area contributed by atoms with Crippen molar-refractivity contribution in [2.24, 2.45) is 0 Å². The van der Waals surface area contributed by atoms with Crippen LogP contribution in [0.25, 0.3) is 10.9 Å². The number of nitrogens with zero attached hydrogens (tertiary/aromatic N) is 5. The SMILES string of the molecule is CCc1nnc(Sc2cc(C#N)c3cc(Cl)ccc3n2)n1N. The van der Waals surface area contributed by atoms with E-state index in [9.17, 15) is 5.26 Å². The van der Waals surface area contributed by atoms with Gasteiger partial charge in [-0.3, -0.25) is 0 Å². The minimum absolute atomic E-state index is 0.508. The van der Waals surface area contributed by atoms with Gasteiger partial charge in [-0.1, -0.05) is 18.5 Å². The van der Waals surface area contributed by atoms with Gasteiger partial charge < -0.3 is 5.84 Å². The Morgan fingerprint density at radius 3 is 2.86 bits per heavy atom. The summed E-state index contributed by atoms with van der Waals surface area (Å²) in [6, 6.07) is 9.13. The van der Waals surface area contributed by atoms with Crippen LogP contribution in [0, 0.1) is 11.3 Å². The number of nitrogen functional groups attached to an aromatic ring is 1. The van der Waals surface area contributed by atoms with Crippen LogP contribution in [0.15, 0.2) is 34.4 Å². The molecule has 2 N–H and O–H groups in total. The molecule has 0 spiro atoms. The van der Waals surface area contributed by atoms with Gasteiger partial charge in [0.25, 0.3) is 0 Å². The largest absolute Gasteiger partial charge is 0.336 e. The fourth-order valence-electron chi connectivity index (χ4n) is 2.03. The van der Waals surface area contributed by atoms with Crippen LogP contribution in [0.1, 0.15) is 18.3 Å². The molecule has 0 bridgehead atoms. The number of nitriles is 1. The van der Waals surface area contributed by atoms with E-state index in [-0.39, 0.29) is 0 Å². The number of hydrogen-bond donors (Lipinski definition) is 1. The lowest BCUT2D eigenvalue weighted by molar-refractivity contribution is 0.795. The first-order valence-electron chi connectivity index (χ1n) is 6.50. The third-order valence-electron chi connectivity index (χ3n) is 3.11. The van der Waals surface area contributed by atoms with Crippen LogP contribution in [-0.2, 0) is 6.42 Å². The highest BCUT2D eigenvalue weighted by molar-refractivity contribution is 7.99. The number of benzene rings is 1. The summed E-state index contributed by atoms with van der Waals surface area (Å²) in [5.41, 5.74) is 1.21. The lowest BCUT2D eigenvalue weighted by atomic mass is 10.1. The molecule has 0 fully saturated rings. The molecule has 22 heavy (non-hydrogen) atoms. The maximum Gasteiger partial charge on any atom is 0.216 e. The Morgan fingerprint density at radius 1 is 1.36 bits per heavy atom. The summed E-state index contributed by atoms with van der Waals surface area (Å²) in [7, 11) is 0. The summed E-state index contributed by atoms with van der Waals surface area (Å²) in [5.74, 6) is 6.62. The first-order chi connectivity index (χ1) is 10.6. The van der Waals surface area contributed by atoms with Gasteiger partial charge in [-0.25, -0.2) is 9.66 Å². The zero-order valence-electron chi connectivity index (χ0n) is 11.6. The Bertz CT molecular complexity index is 898. The molecule has 110 valence electrons. The fraction of sp³-hybridized carbons (Fsp3) is 0.143. The topological polar surface area (TPSA) is 93.4 Å². The number of fused-ring (bicyclic) bond motifs is 1.